The van der Waals surface area contributed by atoms with E-state index in [0.717, 1.165) is 42.2 Å². The number of hydrogen-bond donors (Lipinski definition) is 1. The van der Waals surface area contributed by atoms with Gasteiger partial charge < -0.3 is 10.1 Å². The SMILES string of the molecule is CCCNC(c1ncccc1OC)C1CC2CCC1C2. The van der Waals surface area contributed by atoms with Gasteiger partial charge in [-0.1, -0.05) is 13.3 Å². The predicted octanol–water partition coefficient (Wildman–Crippen LogP) is 3.57. The minimum Gasteiger partial charge on any atom is -0.495 e. The van der Waals surface area contributed by atoms with Gasteiger partial charge in [0.05, 0.1) is 18.8 Å². The Bertz CT molecular complexity index is 448. The second kappa shape index (κ2) is 6.13. The number of ether oxygens (including phenoxy) is 1. The summed E-state index contributed by atoms with van der Waals surface area (Å²) < 4.78 is 5.54. The first-order valence-electron chi connectivity index (χ1n) is 8.05. The number of methoxy groups -OCH3 is 1. The van der Waals surface area contributed by atoms with E-state index in [1.807, 2.05) is 18.3 Å². The molecule has 0 aliphatic heterocycles. The van der Waals surface area contributed by atoms with E-state index in [4.69, 9.17) is 4.74 Å². The number of nitrogens with zero attached hydrogens (tertiary/aromatic N) is 1. The number of rotatable bonds is 6. The van der Waals surface area contributed by atoms with E-state index < -0.39 is 0 Å². The molecule has 0 saturated heterocycles. The Morgan fingerprint density at radius 2 is 2.30 bits per heavy atom. The van der Waals surface area contributed by atoms with Gasteiger partial charge in [-0.3, -0.25) is 4.98 Å². The predicted molar refractivity (Wildman–Crippen MR) is 80.8 cm³/mol. The lowest BCUT2D eigenvalue weighted by atomic mass is 9.81. The number of aromatic nitrogens is 1. The van der Waals surface area contributed by atoms with Crippen LogP contribution in [0.2, 0.25) is 0 Å². The maximum absolute atomic E-state index is 5.54. The molecule has 0 aromatic carbocycles. The summed E-state index contributed by atoms with van der Waals surface area (Å²) in [4.78, 5) is 4.64. The Hall–Kier alpha value is -1.09. The highest BCUT2D eigenvalue weighted by molar-refractivity contribution is 5.30. The van der Waals surface area contributed by atoms with Gasteiger partial charge in [-0.05, 0) is 62.1 Å². The maximum Gasteiger partial charge on any atom is 0.141 e. The number of pyridine rings is 1. The molecule has 3 rings (SSSR count). The van der Waals surface area contributed by atoms with Gasteiger partial charge in [0.2, 0.25) is 0 Å². The Kier molecular flexibility index (Phi) is 4.25. The highest BCUT2D eigenvalue weighted by Crippen LogP contribution is 2.53. The first kappa shape index (κ1) is 13.9. The average molecular weight is 274 g/mol. The summed E-state index contributed by atoms with van der Waals surface area (Å²) in [6.07, 6.45) is 8.71. The molecule has 2 aliphatic rings. The molecule has 1 aromatic heterocycles. The Labute approximate surface area is 122 Å². The monoisotopic (exact) mass is 274 g/mol. The molecule has 110 valence electrons. The largest absolute Gasteiger partial charge is 0.495 e. The van der Waals surface area contributed by atoms with Crippen molar-refractivity contribution >= 4 is 0 Å². The normalized spacial score (nSPS) is 29.6. The molecule has 4 unspecified atom stereocenters. The molecule has 0 spiro atoms. The second-order valence-corrected chi connectivity index (χ2v) is 6.36. The topological polar surface area (TPSA) is 34.2 Å². The quantitative estimate of drug-likeness (QED) is 0.861. The number of fused-ring (bicyclic) bond motifs is 2. The molecule has 3 heteroatoms. The van der Waals surface area contributed by atoms with Gasteiger partial charge in [0.15, 0.2) is 0 Å². The van der Waals surface area contributed by atoms with Crippen LogP contribution in [-0.4, -0.2) is 18.6 Å². The molecule has 2 saturated carbocycles. The lowest BCUT2D eigenvalue weighted by Crippen LogP contribution is -2.33. The minimum atomic E-state index is 0.362. The van der Waals surface area contributed by atoms with Gasteiger partial charge in [0, 0.05) is 6.20 Å². The van der Waals surface area contributed by atoms with Crippen LogP contribution in [0.4, 0.5) is 0 Å². The molecule has 2 aliphatic carbocycles. The highest BCUT2D eigenvalue weighted by Gasteiger charge is 2.44. The van der Waals surface area contributed by atoms with Crippen molar-refractivity contribution in [1.29, 1.82) is 0 Å². The highest BCUT2D eigenvalue weighted by atomic mass is 16.5. The van der Waals surface area contributed by atoms with Crippen LogP contribution in [0.3, 0.4) is 0 Å². The molecule has 4 atom stereocenters. The average Bonchev–Trinajstić information content (AvgIpc) is 3.11. The molecule has 3 nitrogen and oxygen atoms in total. The van der Waals surface area contributed by atoms with Crippen LogP contribution in [0.15, 0.2) is 18.3 Å². The Morgan fingerprint density at radius 1 is 1.40 bits per heavy atom. The first-order valence-corrected chi connectivity index (χ1v) is 8.05. The lowest BCUT2D eigenvalue weighted by molar-refractivity contribution is 0.242. The van der Waals surface area contributed by atoms with Crippen LogP contribution in [0.1, 0.15) is 50.8 Å². The summed E-state index contributed by atoms with van der Waals surface area (Å²) in [5.74, 6) is 3.53. The van der Waals surface area contributed by atoms with Crippen molar-refractivity contribution in [3.63, 3.8) is 0 Å². The van der Waals surface area contributed by atoms with Crippen LogP contribution < -0.4 is 10.1 Å². The zero-order valence-electron chi connectivity index (χ0n) is 12.6. The van der Waals surface area contributed by atoms with Crippen molar-refractivity contribution in [2.24, 2.45) is 17.8 Å². The van der Waals surface area contributed by atoms with Crippen LogP contribution in [0, 0.1) is 17.8 Å². The molecule has 1 aromatic rings. The maximum atomic E-state index is 5.54. The first-order chi connectivity index (χ1) is 9.83. The van der Waals surface area contributed by atoms with Gasteiger partial charge in [-0.15, -0.1) is 0 Å². The standard InChI is InChI=1S/C17H26N2O/c1-3-8-18-16(14-11-12-6-7-13(14)10-12)17-15(20-2)5-4-9-19-17/h4-5,9,12-14,16,18H,3,6-8,10-11H2,1-2H3. The summed E-state index contributed by atoms with van der Waals surface area (Å²) in [5, 5.41) is 3.74. The summed E-state index contributed by atoms with van der Waals surface area (Å²) in [7, 11) is 1.75. The van der Waals surface area contributed by atoms with Gasteiger partial charge >= 0.3 is 0 Å². The Balaban J connectivity index is 1.85. The fraction of sp³-hybridized carbons (Fsp3) is 0.706. The van der Waals surface area contributed by atoms with E-state index in [9.17, 15) is 0 Å². The van der Waals surface area contributed by atoms with Gasteiger partial charge in [0.25, 0.3) is 0 Å². The fourth-order valence-corrected chi connectivity index (χ4v) is 4.26. The van der Waals surface area contributed by atoms with Crippen molar-refractivity contribution in [3.8, 4) is 5.75 Å². The summed E-state index contributed by atoms with van der Waals surface area (Å²) >= 11 is 0. The summed E-state index contributed by atoms with van der Waals surface area (Å²) in [6, 6.07) is 4.36. The third-order valence-electron chi connectivity index (χ3n) is 5.15. The summed E-state index contributed by atoms with van der Waals surface area (Å²) in [5.41, 5.74) is 1.11. The van der Waals surface area contributed by atoms with E-state index >= 15 is 0 Å². The number of hydrogen-bond acceptors (Lipinski definition) is 3. The van der Waals surface area contributed by atoms with E-state index in [0.29, 0.717) is 6.04 Å². The van der Waals surface area contributed by atoms with Crippen LogP contribution in [0.25, 0.3) is 0 Å². The molecule has 1 heterocycles. The van der Waals surface area contributed by atoms with Crippen molar-refractivity contribution in [2.45, 2.75) is 45.1 Å². The number of nitrogens with one attached hydrogen (secondary N) is 1. The minimum absolute atomic E-state index is 0.362. The molecule has 0 amide bonds. The van der Waals surface area contributed by atoms with Crippen molar-refractivity contribution < 1.29 is 4.74 Å². The smallest absolute Gasteiger partial charge is 0.141 e. The lowest BCUT2D eigenvalue weighted by Gasteiger charge is -2.31. The Morgan fingerprint density at radius 3 is 2.95 bits per heavy atom. The van der Waals surface area contributed by atoms with Crippen molar-refractivity contribution in [2.75, 3.05) is 13.7 Å². The van der Waals surface area contributed by atoms with Crippen molar-refractivity contribution in [1.82, 2.24) is 10.3 Å². The van der Waals surface area contributed by atoms with E-state index in [1.165, 1.54) is 25.7 Å². The van der Waals surface area contributed by atoms with Crippen molar-refractivity contribution in [3.05, 3.63) is 24.0 Å². The zero-order chi connectivity index (χ0) is 13.9. The van der Waals surface area contributed by atoms with Crippen LogP contribution in [-0.2, 0) is 0 Å². The van der Waals surface area contributed by atoms with Gasteiger partial charge in [-0.25, -0.2) is 0 Å². The molecular formula is C17H26N2O. The van der Waals surface area contributed by atoms with Crippen LogP contribution in [0.5, 0.6) is 5.75 Å². The third kappa shape index (κ3) is 2.56. The summed E-state index contributed by atoms with van der Waals surface area (Å²) in [6.45, 7) is 3.28. The van der Waals surface area contributed by atoms with Gasteiger partial charge in [0.1, 0.15) is 5.75 Å². The molecule has 1 N–H and O–H groups in total. The molecular weight excluding hydrogens is 248 g/mol. The third-order valence-corrected chi connectivity index (χ3v) is 5.15. The molecule has 0 radical (unpaired) electrons. The van der Waals surface area contributed by atoms with E-state index in [1.54, 1.807) is 7.11 Å². The second-order valence-electron chi connectivity index (χ2n) is 6.36. The molecule has 20 heavy (non-hydrogen) atoms. The zero-order valence-corrected chi connectivity index (χ0v) is 12.6. The fourth-order valence-electron chi connectivity index (χ4n) is 4.26. The molecule has 2 fully saturated rings. The van der Waals surface area contributed by atoms with E-state index in [2.05, 4.69) is 17.2 Å². The van der Waals surface area contributed by atoms with Crippen LogP contribution >= 0.6 is 0 Å². The van der Waals surface area contributed by atoms with E-state index in [-0.39, 0.29) is 0 Å². The van der Waals surface area contributed by atoms with Gasteiger partial charge in [-0.2, -0.15) is 0 Å². The molecule has 2 bridgehead atoms.